The molecule has 94 valence electrons. The van der Waals surface area contributed by atoms with Crippen LogP contribution in [-0.4, -0.2) is 12.2 Å². The summed E-state index contributed by atoms with van der Waals surface area (Å²) >= 11 is 5.65. The minimum atomic E-state index is -0.742. The van der Waals surface area contributed by atoms with Gasteiger partial charge in [0.05, 0.1) is 12.1 Å². The van der Waals surface area contributed by atoms with E-state index in [0.29, 0.717) is 11.3 Å². The standard InChI is InChI=1S/C13H9ClF2O2/c1-18-13-3-2-7(15)4-9(13)8-5-10(14)11(16)6-12(8)17/h2-6,17H,1H3. The van der Waals surface area contributed by atoms with Crippen LogP contribution in [0.1, 0.15) is 0 Å². The molecule has 0 aliphatic carbocycles. The lowest BCUT2D eigenvalue weighted by Crippen LogP contribution is -1.90. The lowest BCUT2D eigenvalue weighted by Gasteiger charge is -2.11. The Morgan fingerprint density at radius 3 is 2.50 bits per heavy atom. The number of hydrogen-bond donors (Lipinski definition) is 1. The first-order valence-electron chi connectivity index (χ1n) is 5.05. The summed E-state index contributed by atoms with van der Waals surface area (Å²) in [5, 5.41) is 9.55. The normalized spacial score (nSPS) is 10.4. The molecule has 2 nitrogen and oxygen atoms in total. The second-order valence-electron chi connectivity index (χ2n) is 3.63. The van der Waals surface area contributed by atoms with Gasteiger partial charge in [0.2, 0.25) is 0 Å². The fourth-order valence-corrected chi connectivity index (χ4v) is 1.81. The van der Waals surface area contributed by atoms with Crippen LogP contribution in [0.4, 0.5) is 8.78 Å². The second-order valence-corrected chi connectivity index (χ2v) is 4.04. The van der Waals surface area contributed by atoms with E-state index in [2.05, 4.69) is 0 Å². The zero-order valence-corrected chi connectivity index (χ0v) is 10.1. The lowest BCUT2D eigenvalue weighted by molar-refractivity contribution is 0.414. The molecular formula is C13H9ClF2O2. The number of hydrogen-bond acceptors (Lipinski definition) is 2. The number of rotatable bonds is 2. The van der Waals surface area contributed by atoms with Crippen LogP contribution < -0.4 is 4.74 Å². The molecule has 0 fully saturated rings. The maximum Gasteiger partial charge on any atom is 0.145 e. The van der Waals surface area contributed by atoms with Crippen molar-refractivity contribution in [3.63, 3.8) is 0 Å². The van der Waals surface area contributed by atoms with Crippen molar-refractivity contribution in [2.45, 2.75) is 0 Å². The van der Waals surface area contributed by atoms with Crippen molar-refractivity contribution in [3.8, 4) is 22.6 Å². The van der Waals surface area contributed by atoms with E-state index in [0.717, 1.165) is 6.07 Å². The van der Waals surface area contributed by atoms with Gasteiger partial charge in [0.1, 0.15) is 23.1 Å². The zero-order valence-electron chi connectivity index (χ0n) is 9.38. The van der Waals surface area contributed by atoms with Crippen LogP contribution in [0.3, 0.4) is 0 Å². The summed E-state index contributed by atoms with van der Waals surface area (Å²) in [5.41, 5.74) is 0.509. The van der Waals surface area contributed by atoms with E-state index in [-0.39, 0.29) is 16.3 Å². The fraction of sp³-hybridized carbons (Fsp3) is 0.0769. The van der Waals surface area contributed by atoms with Gasteiger partial charge in [-0.1, -0.05) is 11.6 Å². The van der Waals surface area contributed by atoms with Crippen LogP contribution in [-0.2, 0) is 0 Å². The summed E-state index contributed by atoms with van der Waals surface area (Å²) in [6, 6.07) is 5.93. The average Bonchev–Trinajstić information content (AvgIpc) is 2.34. The first kappa shape index (κ1) is 12.6. The van der Waals surface area contributed by atoms with E-state index in [1.807, 2.05) is 0 Å². The zero-order chi connectivity index (χ0) is 13.3. The number of phenols is 1. The van der Waals surface area contributed by atoms with Gasteiger partial charge in [-0.2, -0.15) is 0 Å². The topological polar surface area (TPSA) is 29.5 Å². The highest BCUT2D eigenvalue weighted by Crippen LogP contribution is 2.38. The van der Waals surface area contributed by atoms with Gasteiger partial charge >= 0.3 is 0 Å². The summed E-state index contributed by atoms with van der Waals surface area (Å²) in [7, 11) is 1.42. The van der Waals surface area contributed by atoms with Crippen LogP contribution in [0.25, 0.3) is 11.1 Å². The Kier molecular flexibility index (Phi) is 3.39. The quantitative estimate of drug-likeness (QED) is 0.894. The van der Waals surface area contributed by atoms with Crippen molar-refractivity contribution >= 4 is 11.6 Å². The predicted molar refractivity (Wildman–Crippen MR) is 65.0 cm³/mol. The van der Waals surface area contributed by atoms with Gasteiger partial charge in [0.25, 0.3) is 0 Å². The average molecular weight is 271 g/mol. The van der Waals surface area contributed by atoms with Gasteiger partial charge < -0.3 is 9.84 Å². The minimum Gasteiger partial charge on any atom is -0.507 e. The molecule has 0 atom stereocenters. The minimum absolute atomic E-state index is 0.158. The number of aromatic hydroxyl groups is 1. The molecule has 2 aromatic rings. The van der Waals surface area contributed by atoms with Crippen molar-refractivity contribution in [1.82, 2.24) is 0 Å². The molecule has 0 unspecified atom stereocenters. The van der Waals surface area contributed by atoms with Gasteiger partial charge in [-0.3, -0.25) is 0 Å². The van der Waals surface area contributed by atoms with Crippen molar-refractivity contribution in [2.24, 2.45) is 0 Å². The highest BCUT2D eigenvalue weighted by molar-refractivity contribution is 6.31. The Bertz CT molecular complexity index is 600. The second kappa shape index (κ2) is 4.82. The van der Waals surface area contributed by atoms with E-state index in [9.17, 15) is 13.9 Å². The van der Waals surface area contributed by atoms with Crippen LogP contribution in [0.2, 0.25) is 5.02 Å². The molecule has 0 bridgehead atoms. The Balaban J connectivity index is 2.68. The molecule has 0 saturated heterocycles. The van der Waals surface area contributed by atoms with Crippen LogP contribution in [0.5, 0.6) is 11.5 Å². The highest BCUT2D eigenvalue weighted by Gasteiger charge is 2.14. The van der Waals surface area contributed by atoms with E-state index in [4.69, 9.17) is 16.3 Å². The highest BCUT2D eigenvalue weighted by atomic mass is 35.5. The Hall–Kier alpha value is -1.81. The molecule has 2 aromatic carbocycles. The van der Waals surface area contributed by atoms with E-state index in [1.54, 1.807) is 0 Å². The SMILES string of the molecule is COc1ccc(F)cc1-c1cc(Cl)c(F)cc1O. The van der Waals surface area contributed by atoms with Gasteiger partial charge in [0.15, 0.2) is 0 Å². The van der Waals surface area contributed by atoms with E-state index < -0.39 is 11.6 Å². The third-order valence-electron chi connectivity index (χ3n) is 2.49. The largest absolute Gasteiger partial charge is 0.507 e. The van der Waals surface area contributed by atoms with Gasteiger partial charge in [-0.15, -0.1) is 0 Å². The molecule has 0 spiro atoms. The van der Waals surface area contributed by atoms with Gasteiger partial charge in [-0.25, -0.2) is 8.78 Å². The molecular weight excluding hydrogens is 262 g/mol. The molecule has 0 radical (unpaired) electrons. The van der Waals surface area contributed by atoms with Crippen molar-refractivity contribution in [1.29, 1.82) is 0 Å². The summed E-state index contributed by atoms with van der Waals surface area (Å²) in [4.78, 5) is 0. The predicted octanol–water partition coefficient (Wildman–Crippen LogP) is 4.00. The molecule has 18 heavy (non-hydrogen) atoms. The fourth-order valence-electron chi connectivity index (χ4n) is 1.64. The number of benzene rings is 2. The lowest BCUT2D eigenvalue weighted by atomic mass is 10.0. The smallest absolute Gasteiger partial charge is 0.145 e. The first-order chi connectivity index (χ1) is 8.52. The molecule has 0 aliphatic heterocycles. The van der Waals surface area contributed by atoms with Gasteiger partial charge in [0, 0.05) is 17.2 Å². The van der Waals surface area contributed by atoms with Crippen LogP contribution in [0.15, 0.2) is 30.3 Å². The number of ether oxygens (including phenoxy) is 1. The maximum absolute atomic E-state index is 13.2. The summed E-state index contributed by atoms with van der Waals surface area (Å²) in [5.74, 6) is -1.21. The maximum atomic E-state index is 13.2. The van der Waals surface area contributed by atoms with Crippen LogP contribution >= 0.6 is 11.6 Å². The summed E-state index contributed by atoms with van der Waals surface area (Å²) in [6.07, 6.45) is 0. The molecule has 0 aliphatic rings. The number of halogens is 3. The first-order valence-corrected chi connectivity index (χ1v) is 5.42. The number of methoxy groups -OCH3 is 1. The van der Waals surface area contributed by atoms with Crippen molar-refractivity contribution in [2.75, 3.05) is 7.11 Å². The van der Waals surface area contributed by atoms with Crippen LogP contribution in [0, 0.1) is 11.6 Å². The van der Waals surface area contributed by atoms with Crippen molar-refractivity contribution < 1.29 is 18.6 Å². The molecule has 0 heterocycles. The molecule has 0 saturated carbocycles. The molecule has 1 N–H and O–H groups in total. The molecule has 0 amide bonds. The Morgan fingerprint density at radius 1 is 1.11 bits per heavy atom. The van der Waals surface area contributed by atoms with Gasteiger partial charge in [-0.05, 0) is 24.3 Å². The molecule has 2 rings (SSSR count). The van der Waals surface area contributed by atoms with E-state index in [1.165, 1.54) is 31.4 Å². The summed E-state index contributed by atoms with van der Waals surface area (Å²) in [6.45, 7) is 0. The van der Waals surface area contributed by atoms with E-state index >= 15 is 0 Å². The third-order valence-corrected chi connectivity index (χ3v) is 2.78. The Morgan fingerprint density at radius 2 is 1.83 bits per heavy atom. The van der Waals surface area contributed by atoms with Crippen molar-refractivity contribution in [3.05, 3.63) is 47.0 Å². The monoisotopic (exact) mass is 270 g/mol. The number of phenolic OH excluding ortho intramolecular Hbond substituents is 1. The Labute approximate surface area is 107 Å². The molecule has 0 aromatic heterocycles. The third kappa shape index (κ3) is 2.24. The molecule has 5 heteroatoms. The summed E-state index contributed by atoms with van der Waals surface area (Å²) < 4.78 is 31.4.